The van der Waals surface area contributed by atoms with Gasteiger partial charge in [0.05, 0.1) is 18.8 Å². The fraction of sp³-hybridized carbons (Fsp3) is 0.500. The molecule has 0 aliphatic heterocycles. The Morgan fingerprint density at radius 1 is 1.38 bits per heavy atom. The minimum Gasteiger partial charge on any atom is -0.365 e. The van der Waals surface area contributed by atoms with Crippen LogP contribution in [0.25, 0.3) is 0 Å². The number of nitrogens with zero attached hydrogens (tertiary/aromatic N) is 2. The summed E-state index contributed by atoms with van der Waals surface area (Å²) in [6.07, 6.45) is 5.58. The van der Waals surface area contributed by atoms with Crippen molar-refractivity contribution in [2.75, 3.05) is 5.32 Å². The number of anilines is 1. The first-order chi connectivity index (χ1) is 12.5. The SMILES string of the molecule is C[C@@H]1CCC[C@H](O[C@@H](C)C(=O)Nc2ccnn2Cc2ccccc2F)C1. The molecule has 6 heteroatoms. The first-order valence-corrected chi connectivity index (χ1v) is 9.24. The van der Waals surface area contributed by atoms with Crippen molar-refractivity contribution in [2.24, 2.45) is 5.92 Å². The highest BCUT2D eigenvalue weighted by Crippen LogP contribution is 2.26. The van der Waals surface area contributed by atoms with Crippen molar-refractivity contribution in [3.05, 3.63) is 47.9 Å². The molecule has 26 heavy (non-hydrogen) atoms. The van der Waals surface area contributed by atoms with E-state index in [2.05, 4.69) is 17.3 Å². The first-order valence-electron chi connectivity index (χ1n) is 9.24. The highest BCUT2D eigenvalue weighted by Gasteiger charge is 2.24. The average molecular weight is 359 g/mol. The maximum absolute atomic E-state index is 13.8. The van der Waals surface area contributed by atoms with E-state index in [-0.39, 0.29) is 24.4 Å². The largest absolute Gasteiger partial charge is 0.365 e. The number of hydrogen-bond donors (Lipinski definition) is 1. The van der Waals surface area contributed by atoms with Crippen LogP contribution in [0, 0.1) is 11.7 Å². The van der Waals surface area contributed by atoms with Crippen LogP contribution >= 0.6 is 0 Å². The maximum Gasteiger partial charge on any atom is 0.254 e. The van der Waals surface area contributed by atoms with E-state index < -0.39 is 6.10 Å². The van der Waals surface area contributed by atoms with E-state index in [0.717, 1.165) is 19.3 Å². The van der Waals surface area contributed by atoms with Gasteiger partial charge in [-0.15, -0.1) is 0 Å². The van der Waals surface area contributed by atoms with Crippen LogP contribution < -0.4 is 5.32 Å². The summed E-state index contributed by atoms with van der Waals surface area (Å²) in [4.78, 5) is 12.5. The molecule has 0 radical (unpaired) electrons. The molecule has 1 aliphatic carbocycles. The number of carbonyl (C=O) groups is 1. The van der Waals surface area contributed by atoms with Crippen LogP contribution in [-0.2, 0) is 16.1 Å². The number of ether oxygens (including phenoxy) is 1. The predicted molar refractivity (Wildman–Crippen MR) is 98.3 cm³/mol. The number of carbonyl (C=O) groups excluding carboxylic acids is 1. The molecule has 0 saturated heterocycles. The number of benzene rings is 1. The van der Waals surface area contributed by atoms with Crippen molar-refractivity contribution < 1.29 is 13.9 Å². The van der Waals surface area contributed by atoms with Gasteiger partial charge in [0.15, 0.2) is 0 Å². The van der Waals surface area contributed by atoms with E-state index in [0.29, 0.717) is 17.3 Å². The summed E-state index contributed by atoms with van der Waals surface area (Å²) in [6.45, 7) is 4.25. The standard InChI is InChI=1S/C20H26FN3O2/c1-14-6-5-8-17(12-14)26-15(2)20(25)23-19-10-11-22-24(19)13-16-7-3-4-9-18(16)21/h3-4,7,9-11,14-15,17H,5-6,8,12-13H2,1-2H3,(H,23,25)/t14-,15+,17+/m1/s1. The zero-order chi connectivity index (χ0) is 18.5. The quantitative estimate of drug-likeness (QED) is 0.848. The predicted octanol–water partition coefficient (Wildman–Crippen LogP) is 3.99. The summed E-state index contributed by atoms with van der Waals surface area (Å²) in [7, 11) is 0. The fourth-order valence-corrected chi connectivity index (χ4v) is 3.43. The Hall–Kier alpha value is -2.21. The van der Waals surface area contributed by atoms with Crippen LogP contribution in [0.3, 0.4) is 0 Å². The van der Waals surface area contributed by atoms with Crippen molar-refractivity contribution in [1.82, 2.24) is 9.78 Å². The Morgan fingerprint density at radius 2 is 2.19 bits per heavy atom. The lowest BCUT2D eigenvalue weighted by Crippen LogP contribution is -2.34. The van der Waals surface area contributed by atoms with Crippen LogP contribution in [0.1, 0.15) is 45.1 Å². The monoisotopic (exact) mass is 359 g/mol. The smallest absolute Gasteiger partial charge is 0.254 e. The number of halogens is 1. The molecule has 5 nitrogen and oxygen atoms in total. The van der Waals surface area contributed by atoms with Gasteiger partial charge in [0, 0.05) is 11.6 Å². The Labute approximate surface area is 153 Å². The van der Waals surface area contributed by atoms with Crippen LogP contribution in [0.4, 0.5) is 10.2 Å². The number of aromatic nitrogens is 2. The zero-order valence-corrected chi connectivity index (χ0v) is 15.3. The van der Waals surface area contributed by atoms with E-state index in [1.165, 1.54) is 12.5 Å². The van der Waals surface area contributed by atoms with Crippen LogP contribution in [0.15, 0.2) is 36.5 Å². The van der Waals surface area contributed by atoms with Gasteiger partial charge in [-0.2, -0.15) is 5.10 Å². The van der Waals surface area contributed by atoms with Gasteiger partial charge in [-0.1, -0.05) is 38.0 Å². The summed E-state index contributed by atoms with van der Waals surface area (Å²) in [5.41, 5.74) is 0.521. The maximum atomic E-state index is 13.8. The summed E-state index contributed by atoms with van der Waals surface area (Å²) >= 11 is 0. The van der Waals surface area contributed by atoms with Crippen molar-refractivity contribution in [2.45, 2.75) is 58.3 Å². The third kappa shape index (κ3) is 4.69. The Kier molecular flexibility index (Phi) is 6.04. The molecule has 1 fully saturated rings. The van der Waals surface area contributed by atoms with Crippen molar-refractivity contribution in [3.63, 3.8) is 0 Å². The molecule has 3 atom stereocenters. The molecule has 1 N–H and O–H groups in total. The van der Waals surface area contributed by atoms with Crippen molar-refractivity contribution in [1.29, 1.82) is 0 Å². The van der Waals surface area contributed by atoms with Gasteiger partial charge < -0.3 is 10.1 Å². The second-order valence-electron chi connectivity index (χ2n) is 7.13. The second-order valence-corrected chi connectivity index (χ2v) is 7.13. The second kappa shape index (κ2) is 8.45. The summed E-state index contributed by atoms with van der Waals surface area (Å²) in [6, 6.07) is 8.25. The molecule has 0 unspecified atom stereocenters. The molecule has 140 valence electrons. The number of hydrogen-bond acceptors (Lipinski definition) is 3. The summed E-state index contributed by atoms with van der Waals surface area (Å²) in [5.74, 6) is 0.679. The molecule has 1 heterocycles. The van der Waals surface area contributed by atoms with Crippen LogP contribution in [0.5, 0.6) is 0 Å². The van der Waals surface area contributed by atoms with Gasteiger partial charge in [0.25, 0.3) is 5.91 Å². The highest BCUT2D eigenvalue weighted by atomic mass is 19.1. The lowest BCUT2D eigenvalue weighted by atomic mass is 9.88. The van der Waals surface area contributed by atoms with E-state index in [1.54, 1.807) is 42.1 Å². The fourth-order valence-electron chi connectivity index (χ4n) is 3.43. The van der Waals surface area contributed by atoms with Gasteiger partial charge in [-0.05, 0) is 31.7 Å². The Bertz CT molecular complexity index is 746. The van der Waals surface area contributed by atoms with Gasteiger partial charge in [0.1, 0.15) is 17.7 Å². The number of amides is 1. The third-order valence-corrected chi connectivity index (χ3v) is 4.90. The Morgan fingerprint density at radius 3 is 2.96 bits per heavy atom. The summed E-state index contributed by atoms with van der Waals surface area (Å²) in [5, 5.41) is 7.03. The van der Waals surface area contributed by atoms with Gasteiger partial charge >= 0.3 is 0 Å². The minimum absolute atomic E-state index is 0.142. The molecule has 2 aromatic rings. The molecule has 1 aromatic carbocycles. The van der Waals surface area contributed by atoms with Crippen molar-refractivity contribution >= 4 is 11.7 Å². The van der Waals surface area contributed by atoms with Gasteiger partial charge in [-0.3, -0.25) is 4.79 Å². The molecule has 0 spiro atoms. The normalized spacial score (nSPS) is 21.3. The first kappa shape index (κ1) is 18.6. The molecule has 1 aromatic heterocycles. The number of rotatable bonds is 6. The van der Waals surface area contributed by atoms with E-state index in [4.69, 9.17) is 4.74 Å². The zero-order valence-electron chi connectivity index (χ0n) is 15.3. The molecular formula is C20H26FN3O2. The average Bonchev–Trinajstić information content (AvgIpc) is 3.03. The molecule has 1 amide bonds. The van der Waals surface area contributed by atoms with Crippen molar-refractivity contribution in [3.8, 4) is 0 Å². The third-order valence-electron chi connectivity index (χ3n) is 4.90. The van der Waals surface area contributed by atoms with E-state index in [9.17, 15) is 9.18 Å². The van der Waals surface area contributed by atoms with E-state index in [1.807, 2.05) is 0 Å². The Balaban J connectivity index is 1.59. The molecule has 0 bridgehead atoms. The molecular weight excluding hydrogens is 333 g/mol. The summed E-state index contributed by atoms with van der Waals surface area (Å²) < 4.78 is 21.4. The molecule has 3 rings (SSSR count). The minimum atomic E-state index is -0.540. The topological polar surface area (TPSA) is 56.1 Å². The molecule has 1 aliphatic rings. The lowest BCUT2D eigenvalue weighted by Gasteiger charge is -2.29. The van der Waals surface area contributed by atoms with E-state index >= 15 is 0 Å². The van der Waals surface area contributed by atoms with Gasteiger partial charge in [0.2, 0.25) is 0 Å². The van der Waals surface area contributed by atoms with Crippen LogP contribution in [0.2, 0.25) is 0 Å². The lowest BCUT2D eigenvalue weighted by molar-refractivity contribution is -0.131. The molecule has 1 saturated carbocycles. The highest BCUT2D eigenvalue weighted by molar-refractivity contribution is 5.93. The van der Waals surface area contributed by atoms with Gasteiger partial charge in [-0.25, -0.2) is 9.07 Å². The number of nitrogens with one attached hydrogen (secondary N) is 1. The van der Waals surface area contributed by atoms with Crippen LogP contribution in [-0.4, -0.2) is 27.9 Å².